The van der Waals surface area contributed by atoms with Gasteiger partial charge in [0, 0.05) is 5.56 Å². The quantitative estimate of drug-likeness (QED) is 0.641. The zero-order valence-corrected chi connectivity index (χ0v) is 8.14. The largest absolute Gasteiger partial charge is 0.446 e. The van der Waals surface area contributed by atoms with Gasteiger partial charge in [-0.2, -0.15) is 0 Å². The van der Waals surface area contributed by atoms with E-state index in [1.54, 1.807) is 0 Å². The van der Waals surface area contributed by atoms with E-state index in [-0.39, 0.29) is 11.4 Å². The topological polar surface area (TPSA) is 26.3 Å². The Labute approximate surface area is 81.3 Å². The summed E-state index contributed by atoms with van der Waals surface area (Å²) < 4.78 is 5.11. The van der Waals surface area contributed by atoms with Crippen molar-refractivity contribution in [3.63, 3.8) is 0 Å². The summed E-state index contributed by atoms with van der Waals surface area (Å²) in [5, 5.41) is 0. The molecule has 0 aliphatic carbocycles. The number of hydrogen-bond donors (Lipinski definition) is 0. The average Bonchev–Trinajstić information content (AvgIpc) is 2.53. The van der Waals surface area contributed by atoms with Crippen molar-refractivity contribution in [2.45, 2.75) is 12.4 Å². The smallest absolute Gasteiger partial charge is 0.317 e. The first-order chi connectivity index (χ1) is 6.25. The van der Waals surface area contributed by atoms with Gasteiger partial charge in [-0.3, -0.25) is 4.79 Å². The second-order valence-electron chi connectivity index (χ2n) is 3.04. The Balaban J connectivity index is 2.17. The van der Waals surface area contributed by atoms with Crippen molar-refractivity contribution in [3.8, 4) is 0 Å². The number of thioether (sulfide) groups is 1. The van der Waals surface area contributed by atoms with Crippen molar-refractivity contribution >= 4 is 17.7 Å². The Bertz CT molecular complexity index is 318. The van der Waals surface area contributed by atoms with Crippen LogP contribution in [0.4, 0.5) is 0 Å². The van der Waals surface area contributed by atoms with E-state index in [9.17, 15) is 4.79 Å². The predicted octanol–water partition coefficient (Wildman–Crippen LogP) is 2.28. The van der Waals surface area contributed by atoms with Crippen LogP contribution in [-0.2, 0) is 9.53 Å². The summed E-state index contributed by atoms with van der Waals surface area (Å²) in [5.41, 5.74) is 2.20. The van der Waals surface area contributed by atoms with E-state index in [4.69, 9.17) is 4.74 Å². The van der Waals surface area contributed by atoms with Gasteiger partial charge in [0.25, 0.3) is 0 Å². The van der Waals surface area contributed by atoms with Gasteiger partial charge < -0.3 is 4.74 Å². The molecule has 0 bridgehead atoms. The second-order valence-corrected chi connectivity index (χ2v) is 4.09. The number of rotatable bonds is 1. The van der Waals surface area contributed by atoms with Crippen molar-refractivity contribution in [1.82, 2.24) is 0 Å². The number of carbonyl (C=O) groups excluding carboxylic acids is 1. The van der Waals surface area contributed by atoms with E-state index in [0.29, 0.717) is 5.75 Å². The highest BCUT2D eigenvalue weighted by Gasteiger charge is 2.24. The molecule has 1 atom stereocenters. The monoisotopic (exact) mass is 194 g/mol. The van der Waals surface area contributed by atoms with Crippen LogP contribution < -0.4 is 0 Å². The minimum atomic E-state index is -0.115. The van der Waals surface area contributed by atoms with E-state index in [0.717, 1.165) is 5.56 Å². The van der Waals surface area contributed by atoms with Gasteiger partial charge in [-0.15, -0.1) is 11.8 Å². The van der Waals surface area contributed by atoms with Crippen LogP contribution in [0.1, 0.15) is 16.6 Å². The molecule has 0 amide bonds. The molecule has 1 aliphatic rings. The number of cyclic esters (lactones) is 1. The highest BCUT2D eigenvalue weighted by atomic mass is 32.2. The van der Waals surface area contributed by atoms with Crippen LogP contribution in [0.15, 0.2) is 24.3 Å². The molecule has 1 aliphatic heterocycles. The molecule has 1 aromatic carbocycles. The van der Waals surface area contributed by atoms with Crippen LogP contribution in [0.2, 0.25) is 0 Å². The number of hydrogen-bond acceptors (Lipinski definition) is 3. The molecule has 0 radical (unpaired) electrons. The molecule has 3 heteroatoms. The van der Waals surface area contributed by atoms with Crippen LogP contribution in [0.5, 0.6) is 0 Å². The molecular formula is C10H10O2S. The van der Waals surface area contributed by atoms with E-state index in [2.05, 4.69) is 0 Å². The Hall–Kier alpha value is -0.960. The maximum atomic E-state index is 10.9. The summed E-state index contributed by atoms with van der Waals surface area (Å²) in [4.78, 5) is 10.9. The summed E-state index contributed by atoms with van der Waals surface area (Å²) in [7, 11) is 0. The highest BCUT2D eigenvalue weighted by molar-refractivity contribution is 8.00. The van der Waals surface area contributed by atoms with Gasteiger partial charge in [0.15, 0.2) is 5.44 Å². The SMILES string of the molecule is Cc1ccc(C2OC(=O)CS2)cc1. The van der Waals surface area contributed by atoms with Gasteiger partial charge >= 0.3 is 5.97 Å². The lowest BCUT2D eigenvalue weighted by atomic mass is 10.2. The zero-order valence-electron chi connectivity index (χ0n) is 7.32. The van der Waals surface area contributed by atoms with Gasteiger partial charge in [-0.1, -0.05) is 29.8 Å². The molecule has 2 nitrogen and oxygen atoms in total. The lowest BCUT2D eigenvalue weighted by Gasteiger charge is -2.07. The van der Waals surface area contributed by atoms with Crippen molar-refractivity contribution in [1.29, 1.82) is 0 Å². The van der Waals surface area contributed by atoms with Crippen molar-refractivity contribution in [2.24, 2.45) is 0 Å². The van der Waals surface area contributed by atoms with Crippen molar-refractivity contribution in [2.75, 3.05) is 5.75 Å². The van der Waals surface area contributed by atoms with Crippen LogP contribution in [0, 0.1) is 6.92 Å². The molecule has 1 unspecified atom stereocenters. The van der Waals surface area contributed by atoms with Gasteiger partial charge in [-0.25, -0.2) is 0 Å². The van der Waals surface area contributed by atoms with Gasteiger partial charge in [0.2, 0.25) is 0 Å². The fourth-order valence-electron chi connectivity index (χ4n) is 1.22. The summed E-state index contributed by atoms with van der Waals surface area (Å²) >= 11 is 1.54. The van der Waals surface area contributed by atoms with Crippen molar-refractivity contribution < 1.29 is 9.53 Å². The highest BCUT2D eigenvalue weighted by Crippen LogP contribution is 2.35. The van der Waals surface area contributed by atoms with Crippen LogP contribution >= 0.6 is 11.8 Å². The molecule has 1 heterocycles. The minimum Gasteiger partial charge on any atom is -0.446 e. The number of esters is 1. The molecule has 1 fully saturated rings. The lowest BCUT2D eigenvalue weighted by molar-refractivity contribution is -0.140. The van der Waals surface area contributed by atoms with Gasteiger partial charge in [0.05, 0.1) is 5.75 Å². The lowest BCUT2D eigenvalue weighted by Crippen LogP contribution is -1.98. The molecule has 0 N–H and O–H groups in total. The second kappa shape index (κ2) is 3.42. The van der Waals surface area contributed by atoms with Gasteiger partial charge in [0.1, 0.15) is 0 Å². The summed E-state index contributed by atoms with van der Waals surface area (Å²) in [5.74, 6) is 0.356. The minimum absolute atomic E-state index is 0.0897. The van der Waals surface area contributed by atoms with Crippen LogP contribution in [-0.4, -0.2) is 11.7 Å². The predicted molar refractivity (Wildman–Crippen MR) is 52.5 cm³/mol. The number of carbonyl (C=O) groups is 1. The molecule has 0 spiro atoms. The molecule has 13 heavy (non-hydrogen) atoms. The average molecular weight is 194 g/mol. The fourth-order valence-corrected chi connectivity index (χ4v) is 2.10. The first kappa shape index (κ1) is 8.63. The summed E-state index contributed by atoms with van der Waals surface area (Å²) in [6, 6.07) is 8.07. The van der Waals surface area contributed by atoms with E-state index >= 15 is 0 Å². The maximum absolute atomic E-state index is 10.9. The third-order valence-electron chi connectivity index (χ3n) is 1.94. The first-order valence-electron chi connectivity index (χ1n) is 4.13. The Kier molecular flexibility index (Phi) is 2.27. The fraction of sp³-hybridized carbons (Fsp3) is 0.300. The number of ether oxygens (including phenoxy) is 1. The molecule has 0 aromatic heterocycles. The zero-order chi connectivity index (χ0) is 9.26. The molecule has 68 valence electrons. The summed E-state index contributed by atoms with van der Waals surface area (Å²) in [6.45, 7) is 2.04. The van der Waals surface area contributed by atoms with E-state index < -0.39 is 0 Å². The summed E-state index contributed by atoms with van der Waals surface area (Å²) in [6.07, 6.45) is 0. The van der Waals surface area contributed by atoms with E-state index in [1.807, 2.05) is 31.2 Å². The molecule has 1 saturated heterocycles. The molecule has 1 aromatic rings. The Morgan fingerprint density at radius 1 is 1.38 bits per heavy atom. The van der Waals surface area contributed by atoms with Crippen LogP contribution in [0.3, 0.4) is 0 Å². The normalized spacial score (nSPS) is 21.6. The van der Waals surface area contributed by atoms with Crippen LogP contribution in [0.25, 0.3) is 0 Å². The van der Waals surface area contributed by atoms with Crippen molar-refractivity contribution in [3.05, 3.63) is 35.4 Å². The number of benzene rings is 1. The molecule has 0 saturated carbocycles. The van der Waals surface area contributed by atoms with E-state index in [1.165, 1.54) is 17.3 Å². The molecular weight excluding hydrogens is 184 g/mol. The maximum Gasteiger partial charge on any atom is 0.317 e. The Morgan fingerprint density at radius 2 is 2.08 bits per heavy atom. The standard InChI is InChI=1S/C10H10O2S/c1-7-2-4-8(5-3-7)10-12-9(11)6-13-10/h2-5,10H,6H2,1H3. The Morgan fingerprint density at radius 3 is 2.62 bits per heavy atom. The molecule has 2 rings (SSSR count). The van der Waals surface area contributed by atoms with Gasteiger partial charge in [-0.05, 0) is 6.92 Å². The third-order valence-corrected chi connectivity index (χ3v) is 3.01. The number of aryl methyl sites for hydroxylation is 1. The first-order valence-corrected chi connectivity index (χ1v) is 5.18. The third kappa shape index (κ3) is 1.86.